The highest BCUT2D eigenvalue weighted by Crippen LogP contribution is 2.24. The molecule has 1 rings (SSSR count). The van der Waals surface area contributed by atoms with E-state index in [0.29, 0.717) is 13.1 Å². The van der Waals surface area contributed by atoms with E-state index in [1.54, 1.807) is 7.11 Å². The van der Waals surface area contributed by atoms with Crippen LogP contribution >= 0.6 is 0 Å². The van der Waals surface area contributed by atoms with Gasteiger partial charge in [-0.15, -0.1) is 0 Å². The molecule has 0 aliphatic rings. The van der Waals surface area contributed by atoms with Crippen molar-refractivity contribution >= 4 is 0 Å². The molecule has 0 unspecified atom stereocenters. The molecule has 1 aromatic rings. The summed E-state index contributed by atoms with van der Waals surface area (Å²) in [6.07, 6.45) is 0. The van der Waals surface area contributed by atoms with Crippen molar-refractivity contribution < 1.29 is 4.74 Å². The van der Waals surface area contributed by atoms with E-state index >= 15 is 0 Å². The smallest absolute Gasteiger partial charge is 0.122 e. The van der Waals surface area contributed by atoms with Crippen LogP contribution in [0.15, 0.2) is 24.3 Å². The molecule has 13 heavy (non-hydrogen) atoms. The van der Waals surface area contributed by atoms with Crippen molar-refractivity contribution in [3.05, 3.63) is 29.8 Å². The fraction of sp³-hybridized carbons (Fsp3) is 0.400. The minimum Gasteiger partial charge on any atom is -0.496 e. The van der Waals surface area contributed by atoms with Gasteiger partial charge in [-0.25, -0.2) is 0 Å². The van der Waals surface area contributed by atoms with E-state index < -0.39 is 0 Å². The molecular weight excluding hydrogens is 164 g/mol. The minimum atomic E-state index is 0.191. The summed E-state index contributed by atoms with van der Waals surface area (Å²) < 4.78 is 5.22. The van der Waals surface area contributed by atoms with Crippen LogP contribution in [0.2, 0.25) is 0 Å². The lowest BCUT2D eigenvalue weighted by molar-refractivity contribution is 0.406. The van der Waals surface area contributed by atoms with E-state index in [4.69, 9.17) is 16.2 Å². The Morgan fingerprint density at radius 2 is 1.85 bits per heavy atom. The third-order valence-corrected chi connectivity index (χ3v) is 2.15. The van der Waals surface area contributed by atoms with E-state index in [2.05, 4.69) is 0 Å². The van der Waals surface area contributed by atoms with Crippen molar-refractivity contribution in [2.75, 3.05) is 20.2 Å². The summed E-state index contributed by atoms with van der Waals surface area (Å²) in [6, 6.07) is 7.83. The number of para-hydroxylation sites is 1. The van der Waals surface area contributed by atoms with Gasteiger partial charge in [0.15, 0.2) is 0 Å². The summed E-state index contributed by atoms with van der Waals surface area (Å²) in [6.45, 7) is 1.10. The number of benzene rings is 1. The predicted molar refractivity (Wildman–Crippen MR) is 53.8 cm³/mol. The highest BCUT2D eigenvalue weighted by Gasteiger charge is 2.11. The topological polar surface area (TPSA) is 61.3 Å². The second kappa shape index (κ2) is 4.84. The van der Waals surface area contributed by atoms with Gasteiger partial charge in [-0.1, -0.05) is 18.2 Å². The summed E-state index contributed by atoms with van der Waals surface area (Å²) in [5, 5.41) is 0. The van der Waals surface area contributed by atoms with Gasteiger partial charge in [0, 0.05) is 19.0 Å². The van der Waals surface area contributed by atoms with Gasteiger partial charge in [0.1, 0.15) is 5.75 Å². The molecule has 0 saturated carbocycles. The van der Waals surface area contributed by atoms with Crippen LogP contribution in [-0.4, -0.2) is 20.2 Å². The molecule has 0 atom stereocenters. The molecule has 1 aromatic carbocycles. The second-order valence-electron chi connectivity index (χ2n) is 2.91. The molecule has 0 aliphatic heterocycles. The van der Waals surface area contributed by atoms with E-state index in [9.17, 15) is 0 Å². The van der Waals surface area contributed by atoms with Crippen molar-refractivity contribution in [3.63, 3.8) is 0 Å². The molecule has 0 radical (unpaired) electrons. The van der Waals surface area contributed by atoms with E-state index in [-0.39, 0.29) is 5.92 Å². The largest absolute Gasteiger partial charge is 0.496 e. The zero-order chi connectivity index (χ0) is 9.68. The van der Waals surface area contributed by atoms with Crippen molar-refractivity contribution in [3.8, 4) is 5.75 Å². The first kappa shape index (κ1) is 10.0. The highest BCUT2D eigenvalue weighted by atomic mass is 16.5. The second-order valence-corrected chi connectivity index (χ2v) is 2.91. The molecule has 3 nitrogen and oxygen atoms in total. The number of methoxy groups -OCH3 is 1. The average molecular weight is 180 g/mol. The minimum absolute atomic E-state index is 0.191. The fourth-order valence-electron chi connectivity index (χ4n) is 1.35. The molecular formula is C10H16N2O. The summed E-state index contributed by atoms with van der Waals surface area (Å²) in [5.41, 5.74) is 12.3. The Balaban J connectivity index is 2.96. The molecule has 3 heteroatoms. The quantitative estimate of drug-likeness (QED) is 0.717. The van der Waals surface area contributed by atoms with Crippen LogP contribution in [0.1, 0.15) is 11.5 Å². The van der Waals surface area contributed by atoms with Gasteiger partial charge >= 0.3 is 0 Å². The molecule has 0 aromatic heterocycles. The first-order valence-corrected chi connectivity index (χ1v) is 4.36. The van der Waals surface area contributed by atoms with Gasteiger partial charge in [-0.05, 0) is 11.6 Å². The maximum absolute atomic E-state index is 5.60. The average Bonchev–Trinajstić information content (AvgIpc) is 2.20. The number of nitrogens with two attached hydrogens (primary N) is 2. The Labute approximate surface area is 78.7 Å². The Hall–Kier alpha value is -1.06. The van der Waals surface area contributed by atoms with Gasteiger partial charge in [0.05, 0.1) is 7.11 Å². The highest BCUT2D eigenvalue weighted by molar-refractivity contribution is 5.36. The maximum Gasteiger partial charge on any atom is 0.122 e. The standard InChI is InChI=1S/C10H16N2O/c1-13-10-5-3-2-4-9(10)8(6-11)7-12/h2-5,8H,6-7,11-12H2,1H3. The van der Waals surface area contributed by atoms with Crippen molar-refractivity contribution in [1.29, 1.82) is 0 Å². The summed E-state index contributed by atoms with van der Waals surface area (Å²) in [4.78, 5) is 0. The monoisotopic (exact) mass is 180 g/mol. The Morgan fingerprint density at radius 3 is 2.38 bits per heavy atom. The summed E-state index contributed by atoms with van der Waals surface area (Å²) in [7, 11) is 1.66. The van der Waals surface area contributed by atoms with Crippen LogP contribution in [0.3, 0.4) is 0 Å². The third kappa shape index (κ3) is 2.20. The molecule has 0 spiro atoms. The lowest BCUT2D eigenvalue weighted by atomic mass is 9.98. The Morgan fingerprint density at radius 1 is 1.23 bits per heavy atom. The maximum atomic E-state index is 5.60. The molecule has 4 N–H and O–H groups in total. The van der Waals surface area contributed by atoms with Crippen LogP contribution in [0.4, 0.5) is 0 Å². The summed E-state index contributed by atoms with van der Waals surface area (Å²) in [5.74, 6) is 1.06. The molecule has 0 amide bonds. The number of hydrogen-bond acceptors (Lipinski definition) is 3. The SMILES string of the molecule is COc1ccccc1C(CN)CN. The van der Waals surface area contributed by atoms with Crippen molar-refractivity contribution in [2.24, 2.45) is 11.5 Å². The normalized spacial score (nSPS) is 10.5. The van der Waals surface area contributed by atoms with Crippen LogP contribution in [-0.2, 0) is 0 Å². The first-order valence-electron chi connectivity index (χ1n) is 4.36. The van der Waals surface area contributed by atoms with E-state index in [1.807, 2.05) is 24.3 Å². The van der Waals surface area contributed by atoms with Gasteiger partial charge in [0.2, 0.25) is 0 Å². The predicted octanol–water partition coefficient (Wildman–Crippen LogP) is 0.696. The van der Waals surface area contributed by atoms with E-state index in [0.717, 1.165) is 11.3 Å². The van der Waals surface area contributed by atoms with E-state index in [1.165, 1.54) is 0 Å². The Kier molecular flexibility index (Phi) is 3.73. The molecule has 0 fully saturated rings. The number of rotatable bonds is 4. The molecule has 0 bridgehead atoms. The van der Waals surface area contributed by atoms with Crippen LogP contribution < -0.4 is 16.2 Å². The number of ether oxygens (including phenoxy) is 1. The van der Waals surface area contributed by atoms with Crippen molar-refractivity contribution in [2.45, 2.75) is 5.92 Å². The Bertz CT molecular complexity index is 259. The molecule has 72 valence electrons. The fourth-order valence-corrected chi connectivity index (χ4v) is 1.35. The summed E-state index contributed by atoms with van der Waals surface area (Å²) >= 11 is 0. The van der Waals surface area contributed by atoms with Crippen LogP contribution in [0, 0.1) is 0 Å². The van der Waals surface area contributed by atoms with Crippen LogP contribution in [0.25, 0.3) is 0 Å². The van der Waals surface area contributed by atoms with Gasteiger partial charge in [-0.2, -0.15) is 0 Å². The third-order valence-electron chi connectivity index (χ3n) is 2.15. The lowest BCUT2D eigenvalue weighted by Crippen LogP contribution is -2.21. The molecule has 0 heterocycles. The zero-order valence-corrected chi connectivity index (χ0v) is 7.86. The van der Waals surface area contributed by atoms with Gasteiger partial charge in [-0.3, -0.25) is 0 Å². The molecule has 0 aliphatic carbocycles. The number of hydrogen-bond donors (Lipinski definition) is 2. The van der Waals surface area contributed by atoms with Crippen molar-refractivity contribution in [1.82, 2.24) is 0 Å². The molecule has 0 saturated heterocycles. The lowest BCUT2D eigenvalue weighted by Gasteiger charge is -2.15. The van der Waals surface area contributed by atoms with Gasteiger partial charge < -0.3 is 16.2 Å². The zero-order valence-electron chi connectivity index (χ0n) is 7.86. The van der Waals surface area contributed by atoms with Crippen LogP contribution in [0.5, 0.6) is 5.75 Å². The first-order chi connectivity index (χ1) is 6.33. The van der Waals surface area contributed by atoms with Gasteiger partial charge in [0.25, 0.3) is 0 Å².